The summed E-state index contributed by atoms with van der Waals surface area (Å²) < 4.78 is 24.6. The van der Waals surface area contributed by atoms with Gasteiger partial charge in [-0.3, -0.25) is 14.9 Å². The van der Waals surface area contributed by atoms with Gasteiger partial charge in [-0.25, -0.2) is 14.2 Å². The number of nitrogens with two attached hydrogens (primary N) is 1. The van der Waals surface area contributed by atoms with E-state index in [9.17, 15) is 18.8 Å². The van der Waals surface area contributed by atoms with E-state index in [1.165, 1.54) is 36.5 Å². The van der Waals surface area contributed by atoms with E-state index in [0.717, 1.165) is 38.5 Å². The van der Waals surface area contributed by atoms with Crippen LogP contribution in [-0.4, -0.2) is 35.4 Å². The van der Waals surface area contributed by atoms with Crippen molar-refractivity contribution in [1.82, 2.24) is 10.3 Å². The minimum Gasteiger partial charge on any atom is -0.486 e. The van der Waals surface area contributed by atoms with Crippen LogP contribution in [0.4, 0.5) is 4.39 Å². The molecule has 2 rings (SSSR count). The molecule has 2 aromatic rings. The van der Waals surface area contributed by atoms with Crippen LogP contribution in [0.2, 0.25) is 0 Å². The second-order valence-corrected chi connectivity index (χ2v) is 7.88. The Hall–Kier alpha value is -3.33. The Bertz CT molecular complexity index is 958. The number of esters is 1. The van der Waals surface area contributed by atoms with Gasteiger partial charge in [0.05, 0.1) is 12.1 Å². The predicted molar refractivity (Wildman–Crippen MR) is 125 cm³/mol. The zero-order chi connectivity index (χ0) is 24.9. The molecule has 0 fully saturated rings. The zero-order valence-corrected chi connectivity index (χ0v) is 19.6. The van der Waals surface area contributed by atoms with E-state index >= 15 is 0 Å². The number of pyridine rings is 1. The van der Waals surface area contributed by atoms with E-state index in [0.29, 0.717) is 5.56 Å². The lowest BCUT2D eigenvalue weighted by atomic mass is 10.1. The number of carbonyl (C=O) groups excluding carboxylic acids is 3. The van der Waals surface area contributed by atoms with Crippen molar-refractivity contribution < 1.29 is 28.2 Å². The normalized spacial score (nSPS) is 10.7. The fourth-order valence-electron chi connectivity index (χ4n) is 3.16. The van der Waals surface area contributed by atoms with Crippen LogP contribution in [0.15, 0.2) is 36.5 Å². The van der Waals surface area contributed by atoms with Gasteiger partial charge in [-0.15, -0.1) is 0 Å². The Labute approximate surface area is 199 Å². The quantitative estimate of drug-likeness (QED) is 0.423. The summed E-state index contributed by atoms with van der Waals surface area (Å²) in [6.45, 7) is 3.76. The van der Waals surface area contributed by atoms with Gasteiger partial charge in [-0.05, 0) is 36.6 Å². The third-order valence-corrected chi connectivity index (χ3v) is 5.08. The number of imide groups is 1. The molecule has 184 valence electrons. The van der Waals surface area contributed by atoms with Crippen molar-refractivity contribution in [3.8, 4) is 5.75 Å². The molecule has 3 N–H and O–H groups in total. The van der Waals surface area contributed by atoms with Gasteiger partial charge in [0.1, 0.15) is 18.5 Å². The van der Waals surface area contributed by atoms with Crippen LogP contribution in [-0.2, 0) is 16.1 Å². The first-order valence-corrected chi connectivity index (χ1v) is 11.5. The van der Waals surface area contributed by atoms with Crippen molar-refractivity contribution in [2.75, 3.05) is 6.54 Å². The monoisotopic (exact) mass is 473 g/mol. The first kappa shape index (κ1) is 26.9. The minimum absolute atomic E-state index is 0.0127. The second kappa shape index (κ2) is 14.0. The van der Waals surface area contributed by atoms with Gasteiger partial charge in [-0.2, -0.15) is 0 Å². The Kier molecular flexibility index (Phi) is 11.1. The molecule has 0 unspecified atom stereocenters. The third kappa shape index (κ3) is 8.55. The SMILES string of the molecule is CCCCC(CCCC)OC(=O)c1cnc(C(=O)NC(=O)CN)c(OCc2ccc(F)cc2)c1. The van der Waals surface area contributed by atoms with Gasteiger partial charge >= 0.3 is 5.97 Å². The highest BCUT2D eigenvalue weighted by atomic mass is 19.1. The van der Waals surface area contributed by atoms with E-state index in [1.54, 1.807) is 0 Å². The maximum Gasteiger partial charge on any atom is 0.340 e. The molecular weight excluding hydrogens is 441 g/mol. The topological polar surface area (TPSA) is 121 Å². The van der Waals surface area contributed by atoms with Crippen LogP contribution in [0.5, 0.6) is 5.75 Å². The van der Waals surface area contributed by atoms with Crippen molar-refractivity contribution in [3.63, 3.8) is 0 Å². The van der Waals surface area contributed by atoms with Crippen LogP contribution >= 0.6 is 0 Å². The van der Waals surface area contributed by atoms with Crippen molar-refractivity contribution in [2.24, 2.45) is 5.73 Å². The lowest BCUT2D eigenvalue weighted by molar-refractivity contribution is -0.118. The summed E-state index contributed by atoms with van der Waals surface area (Å²) >= 11 is 0. The summed E-state index contributed by atoms with van der Waals surface area (Å²) in [5.41, 5.74) is 5.83. The number of amides is 2. The molecule has 0 saturated carbocycles. The van der Waals surface area contributed by atoms with Gasteiger partial charge in [-0.1, -0.05) is 51.7 Å². The highest BCUT2D eigenvalue weighted by molar-refractivity contribution is 6.06. The van der Waals surface area contributed by atoms with Crippen molar-refractivity contribution in [3.05, 3.63) is 59.2 Å². The van der Waals surface area contributed by atoms with Crippen LogP contribution < -0.4 is 15.8 Å². The molecule has 1 heterocycles. The average molecular weight is 474 g/mol. The molecule has 0 saturated heterocycles. The van der Waals surface area contributed by atoms with Crippen LogP contribution in [0.1, 0.15) is 78.8 Å². The Morgan fingerprint density at radius 3 is 2.32 bits per heavy atom. The Balaban J connectivity index is 2.25. The fourth-order valence-corrected chi connectivity index (χ4v) is 3.16. The maximum absolute atomic E-state index is 13.2. The van der Waals surface area contributed by atoms with Crippen molar-refractivity contribution in [1.29, 1.82) is 0 Å². The molecule has 0 radical (unpaired) electrons. The predicted octanol–water partition coefficient (Wildman–Crippen LogP) is 3.92. The van der Waals surface area contributed by atoms with E-state index in [1.807, 2.05) is 0 Å². The van der Waals surface area contributed by atoms with Crippen molar-refractivity contribution >= 4 is 17.8 Å². The molecular formula is C25H32FN3O5. The second-order valence-electron chi connectivity index (χ2n) is 7.88. The lowest BCUT2D eigenvalue weighted by Crippen LogP contribution is -2.36. The third-order valence-electron chi connectivity index (χ3n) is 5.08. The van der Waals surface area contributed by atoms with Gasteiger partial charge in [0.25, 0.3) is 5.91 Å². The van der Waals surface area contributed by atoms with E-state index in [2.05, 4.69) is 24.1 Å². The van der Waals surface area contributed by atoms with Gasteiger partial charge < -0.3 is 15.2 Å². The summed E-state index contributed by atoms with van der Waals surface area (Å²) in [6.07, 6.45) is 6.42. The largest absolute Gasteiger partial charge is 0.486 e. The molecule has 1 aromatic heterocycles. The first-order valence-electron chi connectivity index (χ1n) is 11.5. The number of rotatable bonds is 13. The van der Waals surface area contributed by atoms with Crippen molar-refractivity contribution in [2.45, 2.75) is 65.1 Å². The first-order chi connectivity index (χ1) is 16.4. The molecule has 9 heteroatoms. The smallest absolute Gasteiger partial charge is 0.340 e. The Morgan fingerprint density at radius 2 is 1.74 bits per heavy atom. The van der Waals surface area contributed by atoms with E-state index < -0.39 is 23.6 Å². The molecule has 0 aliphatic carbocycles. The lowest BCUT2D eigenvalue weighted by Gasteiger charge is -2.18. The number of aromatic nitrogens is 1. The number of hydrogen-bond donors (Lipinski definition) is 2. The number of carbonyl (C=O) groups is 3. The number of nitrogens with zero attached hydrogens (tertiary/aromatic N) is 1. The number of unbranched alkanes of at least 4 members (excludes halogenated alkanes) is 2. The highest BCUT2D eigenvalue weighted by Gasteiger charge is 2.22. The molecule has 0 aliphatic heterocycles. The zero-order valence-electron chi connectivity index (χ0n) is 19.6. The van der Waals surface area contributed by atoms with Crippen LogP contribution in [0.3, 0.4) is 0 Å². The van der Waals surface area contributed by atoms with Crippen LogP contribution in [0, 0.1) is 5.82 Å². The van der Waals surface area contributed by atoms with Gasteiger partial charge in [0, 0.05) is 6.20 Å². The fraction of sp³-hybridized carbons (Fsp3) is 0.440. The van der Waals surface area contributed by atoms with E-state index in [4.69, 9.17) is 15.2 Å². The highest BCUT2D eigenvalue weighted by Crippen LogP contribution is 2.22. The number of ether oxygens (including phenoxy) is 2. The van der Waals surface area contributed by atoms with E-state index in [-0.39, 0.29) is 36.3 Å². The molecule has 1 aromatic carbocycles. The van der Waals surface area contributed by atoms with Crippen LogP contribution in [0.25, 0.3) is 0 Å². The molecule has 0 spiro atoms. The number of benzene rings is 1. The summed E-state index contributed by atoms with van der Waals surface area (Å²) in [4.78, 5) is 40.9. The summed E-state index contributed by atoms with van der Waals surface area (Å²) in [7, 11) is 0. The average Bonchev–Trinajstić information content (AvgIpc) is 2.84. The molecule has 2 amide bonds. The van der Waals surface area contributed by atoms with Gasteiger partial charge in [0.15, 0.2) is 11.4 Å². The van der Waals surface area contributed by atoms with Gasteiger partial charge in [0.2, 0.25) is 5.91 Å². The molecule has 8 nitrogen and oxygen atoms in total. The number of nitrogens with one attached hydrogen (secondary N) is 1. The minimum atomic E-state index is -0.812. The Morgan fingerprint density at radius 1 is 1.09 bits per heavy atom. The number of hydrogen-bond acceptors (Lipinski definition) is 7. The molecule has 34 heavy (non-hydrogen) atoms. The summed E-state index contributed by atoms with van der Waals surface area (Å²) in [5, 5.41) is 2.11. The summed E-state index contributed by atoms with van der Waals surface area (Å²) in [6, 6.07) is 6.99. The molecule has 0 bridgehead atoms. The number of halogens is 1. The maximum atomic E-state index is 13.2. The molecule has 0 atom stereocenters. The standard InChI is InChI=1S/C25H32FN3O5/c1-3-5-7-20(8-6-4-2)34-25(32)18-13-21(33-16-17-9-11-19(26)12-10-17)23(28-15-18)24(31)29-22(30)14-27/h9-13,15,20H,3-8,14,16,27H2,1-2H3,(H,29,30,31). The molecule has 0 aliphatic rings. The summed E-state index contributed by atoms with van der Waals surface area (Å²) in [5.74, 6) is -2.47.